The molecular formula is C28H58Cl2N2. The van der Waals surface area contributed by atoms with Crippen LogP contribution in [0.25, 0.3) is 0 Å². The molecule has 2 nitrogen and oxygen atoms in total. The van der Waals surface area contributed by atoms with E-state index in [0.29, 0.717) is 0 Å². The van der Waals surface area contributed by atoms with Gasteiger partial charge in [-0.3, -0.25) is 0 Å². The Morgan fingerprint density at radius 1 is 0.562 bits per heavy atom. The Bertz CT molecular complexity index is 468. The van der Waals surface area contributed by atoms with Gasteiger partial charge in [0.2, 0.25) is 0 Å². The second-order valence-electron chi connectivity index (χ2n) is 10.5. The van der Waals surface area contributed by atoms with Gasteiger partial charge in [-0.15, -0.1) is 23.2 Å². The Kier molecular flexibility index (Phi) is 15.7. The molecule has 0 bridgehead atoms. The van der Waals surface area contributed by atoms with Crippen molar-refractivity contribution in [3.63, 3.8) is 0 Å². The first-order chi connectivity index (χ1) is 15.1. The van der Waals surface area contributed by atoms with Crippen LogP contribution in [0.5, 0.6) is 0 Å². The summed E-state index contributed by atoms with van der Waals surface area (Å²) in [6.07, 6.45) is 16.7. The summed E-state index contributed by atoms with van der Waals surface area (Å²) < 4.78 is 0. The van der Waals surface area contributed by atoms with Crippen molar-refractivity contribution in [1.29, 1.82) is 0 Å². The van der Waals surface area contributed by atoms with Gasteiger partial charge in [0.25, 0.3) is 0 Å². The van der Waals surface area contributed by atoms with E-state index in [0.717, 1.165) is 89.9 Å². The number of nitrogens with two attached hydrogens (primary N) is 2. The lowest BCUT2D eigenvalue weighted by Crippen LogP contribution is -2.73. The summed E-state index contributed by atoms with van der Waals surface area (Å²) in [6, 6.07) is 0. The van der Waals surface area contributed by atoms with Gasteiger partial charge in [-0.1, -0.05) is 106 Å². The molecular weight excluding hydrogens is 435 g/mol. The fraction of sp³-hybridized carbons (Fsp3) is 1.00. The summed E-state index contributed by atoms with van der Waals surface area (Å²) in [7, 11) is 0. The normalized spacial score (nSPS) is 16.2. The molecule has 0 rings (SSSR count). The summed E-state index contributed by atoms with van der Waals surface area (Å²) in [4.78, 5) is -0.509. The van der Waals surface area contributed by atoms with Crippen molar-refractivity contribution in [3.05, 3.63) is 0 Å². The van der Waals surface area contributed by atoms with E-state index in [1.807, 2.05) is 0 Å². The lowest BCUT2D eigenvalue weighted by molar-refractivity contribution is -0.104. The van der Waals surface area contributed by atoms with Crippen molar-refractivity contribution in [2.75, 3.05) is 0 Å². The topological polar surface area (TPSA) is 52.0 Å². The minimum Gasteiger partial charge on any atom is -0.313 e. The summed E-state index contributed by atoms with van der Waals surface area (Å²) in [5.74, 6) is 0. The zero-order valence-electron chi connectivity index (χ0n) is 22.8. The number of alkyl halides is 2. The predicted molar refractivity (Wildman–Crippen MR) is 148 cm³/mol. The standard InChI is InChI=1S/C28H58Cl2N2/c1-8-15-16-17-24(29)27(30,22-13-6)25(18-9-2,19-10-3)26(20-11-4,21-12-5)28(31,32)23-14-7/h24H,8-23,31-32H2,1-7H3. The summed E-state index contributed by atoms with van der Waals surface area (Å²) in [5.41, 5.74) is 13.2. The maximum absolute atomic E-state index is 7.97. The third-order valence-electron chi connectivity index (χ3n) is 8.14. The van der Waals surface area contributed by atoms with Crippen LogP contribution in [-0.2, 0) is 0 Å². The Labute approximate surface area is 212 Å². The zero-order chi connectivity index (χ0) is 24.9. The molecule has 0 aliphatic carbocycles. The summed E-state index contributed by atoms with van der Waals surface area (Å²) in [6.45, 7) is 15.9. The SMILES string of the molecule is CCCCCC(Cl)C(Cl)(CCC)C(CCC)(CCC)C(CCC)(CCC)C(N)(N)CCC. The number of hydrogen-bond acceptors (Lipinski definition) is 2. The van der Waals surface area contributed by atoms with Crippen molar-refractivity contribution >= 4 is 23.2 Å². The minimum atomic E-state index is -0.758. The summed E-state index contributed by atoms with van der Waals surface area (Å²) in [5, 5.41) is -0.0701. The van der Waals surface area contributed by atoms with Gasteiger partial charge in [-0.25, -0.2) is 0 Å². The van der Waals surface area contributed by atoms with E-state index in [9.17, 15) is 0 Å². The molecule has 0 saturated heterocycles. The van der Waals surface area contributed by atoms with Crippen LogP contribution >= 0.6 is 23.2 Å². The molecule has 0 aromatic heterocycles. The van der Waals surface area contributed by atoms with Crippen molar-refractivity contribution in [2.24, 2.45) is 22.3 Å². The van der Waals surface area contributed by atoms with E-state index in [-0.39, 0.29) is 16.2 Å². The Hall–Kier alpha value is 0.500. The number of halogens is 2. The lowest BCUT2D eigenvalue weighted by atomic mass is 9.44. The van der Waals surface area contributed by atoms with Crippen LogP contribution in [0.15, 0.2) is 0 Å². The molecule has 4 heteroatoms. The number of hydrogen-bond donors (Lipinski definition) is 2. The average molecular weight is 494 g/mol. The molecule has 0 radical (unpaired) electrons. The average Bonchev–Trinajstić information content (AvgIpc) is 2.73. The van der Waals surface area contributed by atoms with Crippen molar-refractivity contribution in [2.45, 2.75) is 167 Å². The number of unbranched alkanes of at least 4 members (excludes halogenated alkanes) is 2. The van der Waals surface area contributed by atoms with E-state index in [1.165, 1.54) is 12.8 Å². The monoisotopic (exact) mass is 492 g/mol. The highest BCUT2D eigenvalue weighted by Crippen LogP contribution is 2.66. The molecule has 0 aliphatic rings. The first-order valence-corrected chi connectivity index (χ1v) is 14.8. The minimum absolute atomic E-state index is 0.0701. The maximum Gasteiger partial charge on any atom is 0.0700 e. The van der Waals surface area contributed by atoms with Crippen LogP contribution < -0.4 is 11.5 Å². The molecule has 0 aromatic carbocycles. The molecule has 32 heavy (non-hydrogen) atoms. The van der Waals surface area contributed by atoms with Crippen LogP contribution in [-0.4, -0.2) is 15.9 Å². The highest BCUT2D eigenvalue weighted by molar-refractivity contribution is 6.33. The Morgan fingerprint density at radius 2 is 0.969 bits per heavy atom. The van der Waals surface area contributed by atoms with Gasteiger partial charge in [0, 0.05) is 5.41 Å². The molecule has 2 atom stereocenters. The fourth-order valence-corrected chi connectivity index (χ4v) is 8.29. The summed E-state index contributed by atoms with van der Waals surface area (Å²) >= 11 is 15.3. The van der Waals surface area contributed by atoms with Crippen molar-refractivity contribution in [3.8, 4) is 0 Å². The van der Waals surface area contributed by atoms with E-state index in [1.54, 1.807) is 0 Å². The van der Waals surface area contributed by atoms with Crippen molar-refractivity contribution in [1.82, 2.24) is 0 Å². The first-order valence-electron chi connectivity index (χ1n) is 14.0. The molecule has 0 aromatic rings. The van der Waals surface area contributed by atoms with Gasteiger partial charge >= 0.3 is 0 Å². The maximum atomic E-state index is 7.97. The van der Waals surface area contributed by atoms with E-state index in [2.05, 4.69) is 48.5 Å². The van der Waals surface area contributed by atoms with Crippen LogP contribution in [0.2, 0.25) is 0 Å². The second kappa shape index (κ2) is 15.5. The molecule has 4 N–H and O–H groups in total. The van der Waals surface area contributed by atoms with E-state index in [4.69, 9.17) is 34.7 Å². The van der Waals surface area contributed by atoms with Gasteiger partial charge < -0.3 is 11.5 Å². The molecule has 0 fully saturated rings. The van der Waals surface area contributed by atoms with Gasteiger partial charge in [-0.05, 0) is 50.4 Å². The predicted octanol–water partition coefficient (Wildman–Crippen LogP) is 9.54. The quantitative estimate of drug-likeness (QED) is 0.101. The first kappa shape index (κ1) is 32.5. The zero-order valence-corrected chi connectivity index (χ0v) is 24.3. The Balaban J connectivity index is 7.17. The molecule has 0 heterocycles. The fourth-order valence-electron chi connectivity index (χ4n) is 7.15. The molecule has 0 amide bonds. The molecule has 0 spiro atoms. The molecule has 0 saturated carbocycles. The van der Waals surface area contributed by atoms with E-state index >= 15 is 0 Å². The van der Waals surface area contributed by atoms with Gasteiger partial charge in [0.05, 0.1) is 15.9 Å². The highest BCUT2D eigenvalue weighted by atomic mass is 35.5. The molecule has 194 valence electrons. The third-order valence-corrected chi connectivity index (χ3v) is 9.66. The smallest absolute Gasteiger partial charge is 0.0700 e. The van der Waals surface area contributed by atoms with Crippen LogP contribution in [0.3, 0.4) is 0 Å². The molecule has 0 aliphatic heterocycles. The van der Waals surface area contributed by atoms with Crippen molar-refractivity contribution < 1.29 is 0 Å². The third kappa shape index (κ3) is 6.79. The molecule has 2 unspecified atom stereocenters. The van der Waals surface area contributed by atoms with Gasteiger partial charge in [0.15, 0.2) is 0 Å². The van der Waals surface area contributed by atoms with Crippen LogP contribution in [0, 0.1) is 10.8 Å². The highest BCUT2D eigenvalue weighted by Gasteiger charge is 2.66. The lowest BCUT2D eigenvalue weighted by Gasteiger charge is -2.65. The Morgan fingerprint density at radius 3 is 1.34 bits per heavy atom. The van der Waals surface area contributed by atoms with Crippen LogP contribution in [0.4, 0.5) is 0 Å². The van der Waals surface area contributed by atoms with Crippen LogP contribution in [0.1, 0.15) is 151 Å². The van der Waals surface area contributed by atoms with Gasteiger partial charge in [-0.2, -0.15) is 0 Å². The number of rotatable bonds is 20. The second-order valence-corrected chi connectivity index (χ2v) is 11.7. The van der Waals surface area contributed by atoms with Gasteiger partial charge in [0.1, 0.15) is 0 Å². The van der Waals surface area contributed by atoms with E-state index < -0.39 is 10.5 Å². The largest absolute Gasteiger partial charge is 0.313 e.